The van der Waals surface area contributed by atoms with Gasteiger partial charge in [-0.2, -0.15) is 4.31 Å². The second kappa shape index (κ2) is 16.5. The lowest BCUT2D eigenvalue weighted by Gasteiger charge is -2.31. The number of aliphatic hydroxyl groups excluding tert-OH is 1. The van der Waals surface area contributed by atoms with Gasteiger partial charge in [0.05, 0.1) is 49.3 Å². The third-order valence-electron chi connectivity index (χ3n) is 8.67. The number of esters is 1. The van der Waals surface area contributed by atoms with Gasteiger partial charge < -0.3 is 33.8 Å². The van der Waals surface area contributed by atoms with Crippen molar-refractivity contribution < 1.29 is 46.5 Å². The van der Waals surface area contributed by atoms with Crippen molar-refractivity contribution in [1.29, 1.82) is 0 Å². The standard InChI is InChI=1S/C35H47N3O10S/c1-5-44-33(40)23(4)36-18-26-16-25-17-27(11-12-31(25)47-26)49(42,43)38(19-22(2)3)20-30(39)29(15-24-9-7-6-8-10-24)37-35(41)48-32-21-46-34-28(32)13-14-45-34/h6-12,16-17,22-23,28-30,32,34,36,39H,5,13-15,18-21H2,1-4H3,(H,37,41)/t23?,28-,29-,30+,32-,34+/m0/s1. The summed E-state index contributed by atoms with van der Waals surface area (Å²) in [6.45, 7) is 8.36. The molecule has 49 heavy (non-hydrogen) atoms. The van der Waals surface area contributed by atoms with Crippen LogP contribution < -0.4 is 10.6 Å². The van der Waals surface area contributed by atoms with E-state index in [0.29, 0.717) is 23.3 Å². The minimum Gasteiger partial charge on any atom is -0.465 e. The summed E-state index contributed by atoms with van der Waals surface area (Å²) >= 11 is 0. The van der Waals surface area contributed by atoms with E-state index in [1.165, 1.54) is 16.4 Å². The minimum atomic E-state index is -4.10. The van der Waals surface area contributed by atoms with Gasteiger partial charge in [0.15, 0.2) is 6.29 Å². The van der Waals surface area contributed by atoms with Gasteiger partial charge >= 0.3 is 12.1 Å². The summed E-state index contributed by atoms with van der Waals surface area (Å²) in [5.41, 5.74) is 1.34. The smallest absolute Gasteiger partial charge is 0.407 e. The third-order valence-corrected chi connectivity index (χ3v) is 10.5. The van der Waals surface area contributed by atoms with E-state index in [1.807, 2.05) is 44.2 Å². The van der Waals surface area contributed by atoms with E-state index in [2.05, 4.69) is 10.6 Å². The molecule has 6 atom stereocenters. The molecule has 5 rings (SSSR count). The molecule has 0 bridgehead atoms. The van der Waals surface area contributed by atoms with Crippen LogP contribution in [0.3, 0.4) is 0 Å². The molecule has 2 saturated heterocycles. The highest BCUT2D eigenvalue weighted by Crippen LogP contribution is 2.33. The maximum Gasteiger partial charge on any atom is 0.407 e. The molecule has 3 aromatic rings. The predicted molar refractivity (Wildman–Crippen MR) is 180 cm³/mol. The molecule has 0 radical (unpaired) electrons. The van der Waals surface area contributed by atoms with Crippen molar-refractivity contribution in [2.45, 2.75) is 82.6 Å². The number of sulfonamides is 1. The van der Waals surface area contributed by atoms with E-state index in [9.17, 15) is 23.1 Å². The van der Waals surface area contributed by atoms with E-state index in [1.54, 1.807) is 26.0 Å². The molecule has 13 nitrogen and oxygen atoms in total. The molecule has 268 valence electrons. The predicted octanol–water partition coefficient (Wildman–Crippen LogP) is 3.58. The number of amides is 1. The summed E-state index contributed by atoms with van der Waals surface area (Å²) in [7, 11) is -4.10. The van der Waals surface area contributed by atoms with Gasteiger partial charge in [0.25, 0.3) is 0 Å². The van der Waals surface area contributed by atoms with E-state index in [-0.39, 0.29) is 68.3 Å². The number of hydrogen-bond acceptors (Lipinski definition) is 11. The van der Waals surface area contributed by atoms with Crippen molar-refractivity contribution in [1.82, 2.24) is 14.9 Å². The molecular weight excluding hydrogens is 654 g/mol. The van der Waals surface area contributed by atoms with Crippen LogP contribution in [0.15, 0.2) is 63.9 Å². The van der Waals surface area contributed by atoms with Gasteiger partial charge in [-0.15, -0.1) is 0 Å². The highest BCUT2D eigenvalue weighted by molar-refractivity contribution is 7.89. The average Bonchev–Trinajstić information content (AvgIpc) is 3.80. The summed E-state index contributed by atoms with van der Waals surface area (Å²) in [5.74, 6) is 0.0337. The topological polar surface area (TPSA) is 166 Å². The fraction of sp³-hybridized carbons (Fsp3) is 0.543. The van der Waals surface area contributed by atoms with Crippen molar-refractivity contribution >= 4 is 33.1 Å². The van der Waals surface area contributed by atoms with E-state index in [4.69, 9.17) is 23.4 Å². The first kappa shape index (κ1) is 36.7. The molecule has 3 N–H and O–H groups in total. The zero-order valence-corrected chi connectivity index (χ0v) is 29.2. The fourth-order valence-corrected chi connectivity index (χ4v) is 7.77. The Morgan fingerprint density at radius 3 is 2.57 bits per heavy atom. The van der Waals surface area contributed by atoms with Gasteiger partial charge in [0.2, 0.25) is 10.0 Å². The molecule has 1 amide bonds. The first-order valence-electron chi connectivity index (χ1n) is 16.8. The molecule has 1 aromatic heterocycles. The first-order valence-corrected chi connectivity index (χ1v) is 18.2. The van der Waals surface area contributed by atoms with E-state index >= 15 is 0 Å². The van der Waals surface area contributed by atoms with Crippen LogP contribution in [0.5, 0.6) is 0 Å². The molecule has 0 aliphatic carbocycles. The monoisotopic (exact) mass is 701 g/mol. The molecule has 2 aliphatic heterocycles. The first-order chi connectivity index (χ1) is 23.4. The van der Waals surface area contributed by atoms with Gasteiger partial charge in [-0.3, -0.25) is 10.1 Å². The number of nitrogens with zero attached hydrogens (tertiary/aromatic N) is 1. The molecule has 0 saturated carbocycles. The number of ether oxygens (including phenoxy) is 4. The summed E-state index contributed by atoms with van der Waals surface area (Å²) in [6.07, 6.45) is -1.89. The zero-order chi connectivity index (χ0) is 35.1. The van der Waals surface area contributed by atoms with Crippen molar-refractivity contribution in [3.05, 3.63) is 65.9 Å². The molecule has 0 spiro atoms. The number of rotatable bonds is 16. The Labute approximate surface area is 287 Å². The van der Waals surface area contributed by atoms with Crippen LogP contribution in [0.1, 0.15) is 45.4 Å². The van der Waals surface area contributed by atoms with Gasteiger partial charge in [0, 0.05) is 18.5 Å². The number of furan rings is 1. The van der Waals surface area contributed by atoms with Gasteiger partial charge in [-0.25, -0.2) is 13.2 Å². The molecule has 2 fully saturated rings. The maximum absolute atomic E-state index is 14.1. The summed E-state index contributed by atoms with van der Waals surface area (Å²) < 4.78 is 57.3. The number of benzene rings is 2. The van der Waals surface area contributed by atoms with Gasteiger partial charge in [0.1, 0.15) is 23.5 Å². The lowest BCUT2D eigenvalue weighted by Crippen LogP contribution is -2.51. The van der Waals surface area contributed by atoms with Crippen LogP contribution in [0.2, 0.25) is 0 Å². The Hall–Kier alpha value is -3.53. The van der Waals surface area contributed by atoms with Crippen LogP contribution in [-0.4, -0.2) is 93.4 Å². The SMILES string of the molecule is CCOC(=O)C(C)NCc1cc2cc(S(=O)(=O)N(CC(C)C)C[C@@H](O)[C@H](Cc3ccccc3)NC(=O)O[C@H]3CO[C@H]4OCC[C@H]43)ccc2o1. The number of aliphatic hydroxyl groups is 1. The molecule has 2 aromatic carbocycles. The van der Waals surface area contributed by atoms with E-state index in [0.717, 1.165) is 12.0 Å². The largest absolute Gasteiger partial charge is 0.465 e. The number of carbonyl (C=O) groups excluding carboxylic acids is 2. The van der Waals surface area contributed by atoms with Crippen molar-refractivity contribution in [3.8, 4) is 0 Å². The molecule has 14 heteroatoms. The van der Waals surface area contributed by atoms with Crippen LogP contribution in [0, 0.1) is 11.8 Å². The zero-order valence-electron chi connectivity index (χ0n) is 28.4. The lowest BCUT2D eigenvalue weighted by molar-refractivity contribution is -0.145. The normalized spacial score (nSPS) is 21.1. The van der Waals surface area contributed by atoms with Crippen LogP contribution in [0.25, 0.3) is 11.0 Å². The number of carbonyl (C=O) groups is 2. The lowest BCUT2D eigenvalue weighted by atomic mass is 10.0. The third kappa shape index (κ3) is 9.38. The Kier molecular flexibility index (Phi) is 12.3. The Morgan fingerprint density at radius 2 is 1.84 bits per heavy atom. The van der Waals surface area contributed by atoms with Crippen LogP contribution in [-0.2, 0) is 46.7 Å². The number of hydrogen-bond donors (Lipinski definition) is 3. The molecule has 1 unspecified atom stereocenters. The number of alkyl carbamates (subject to hydrolysis) is 1. The summed E-state index contributed by atoms with van der Waals surface area (Å²) in [5, 5.41) is 18.0. The van der Waals surface area contributed by atoms with Gasteiger partial charge in [-0.1, -0.05) is 44.2 Å². The molecule has 3 heterocycles. The number of nitrogens with one attached hydrogen (secondary N) is 2. The van der Waals surface area contributed by atoms with Crippen molar-refractivity contribution in [2.75, 3.05) is 32.9 Å². The Balaban J connectivity index is 1.31. The molecular formula is C35H47N3O10S. The van der Waals surface area contributed by atoms with Crippen LogP contribution in [0.4, 0.5) is 4.79 Å². The summed E-state index contributed by atoms with van der Waals surface area (Å²) in [6, 6.07) is 14.3. The second-order valence-electron chi connectivity index (χ2n) is 13.0. The minimum absolute atomic E-state index is 0.0367. The Bertz CT molecular complexity index is 1660. The highest BCUT2D eigenvalue weighted by atomic mass is 32.2. The van der Waals surface area contributed by atoms with Crippen LogP contribution >= 0.6 is 0 Å². The number of fused-ring (bicyclic) bond motifs is 2. The van der Waals surface area contributed by atoms with Crippen molar-refractivity contribution in [3.63, 3.8) is 0 Å². The maximum atomic E-state index is 14.1. The highest BCUT2D eigenvalue weighted by Gasteiger charge is 2.44. The van der Waals surface area contributed by atoms with Gasteiger partial charge in [-0.05, 0) is 62.4 Å². The quantitative estimate of drug-likeness (QED) is 0.187. The molecule has 2 aliphatic rings. The average molecular weight is 702 g/mol. The Morgan fingerprint density at radius 1 is 1.06 bits per heavy atom. The van der Waals surface area contributed by atoms with E-state index < -0.39 is 40.4 Å². The fourth-order valence-electron chi connectivity index (χ4n) is 6.11. The van der Waals surface area contributed by atoms with Crippen molar-refractivity contribution in [2.24, 2.45) is 11.8 Å². The second-order valence-corrected chi connectivity index (χ2v) is 14.9. The summed E-state index contributed by atoms with van der Waals surface area (Å²) in [4.78, 5) is 25.1.